The van der Waals surface area contributed by atoms with Crippen molar-refractivity contribution in [2.45, 2.75) is 36.7 Å². The lowest BCUT2D eigenvalue weighted by Gasteiger charge is -2.11. The standard InChI is InChI=1S/C14H18ClNO2S/c1-18-14(17)7-8-19-13-4-2-3-12(15)11(13)9-16-10-5-6-10/h2-4,10,16H,5-9H2,1H3. The monoisotopic (exact) mass is 299 g/mol. The van der Waals surface area contributed by atoms with Gasteiger partial charge >= 0.3 is 5.97 Å². The average Bonchev–Trinajstić information content (AvgIpc) is 3.22. The number of nitrogens with one attached hydrogen (secondary N) is 1. The van der Waals surface area contributed by atoms with E-state index in [4.69, 9.17) is 11.6 Å². The molecule has 0 unspecified atom stereocenters. The summed E-state index contributed by atoms with van der Waals surface area (Å²) in [5, 5.41) is 4.26. The third kappa shape index (κ3) is 4.71. The zero-order chi connectivity index (χ0) is 13.7. The second kappa shape index (κ2) is 7.17. The average molecular weight is 300 g/mol. The van der Waals surface area contributed by atoms with Gasteiger partial charge in [-0.05, 0) is 30.5 Å². The van der Waals surface area contributed by atoms with E-state index >= 15 is 0 Å². The van der Waals surface area contributed by atoms with Gasteiger partial charge in [-0.2, -0.15) is 0 Å². The van der Waals surface area contributed by atoms with E-state index in [1.165, 1.54) is 20.0 Å². The number of carbonyl (C=O) groups excluding carboxylic acids is 1. The molecule has 1 saturated carbocycles. The summed E-state index contributed by atoms with van der Waals surface area (Å²) in [7, 11) is 1.41. The highest BCUT2D eigenvalue weighted by atomic mass is 35.5. The van der Waals surface area contributed by atoms with Crippen molar-refractivity contribution < 1.29 is 9.53 Å². The van der Waals surface area contributed by atoms with Crippen molar-refractivity contribution in [2.24, 2.45) is 0 Å². The van der Waals surface area contributed by atoms with Crippen LogP contribution in [0.5, 0.6) is 0 Å². The van der Waals surface area contributed by atoms with Crippen LogP contribution >= 0.6 is 23.4 Å². The number of methoxy groups -OCH3 is 1. The fraction of sp³-hybridized carbons (Fsp3) is 0.500. The Morgan fingerprint density at radius 2 is 2.32 bits per heavy atom. The maximum atomic E-state index is 11.1. The summed E-state index contributed by atoms with van der Waals surface area (Å²) >= 11 is 7.91. The zero-order valence-corrected chi connectivity index (χ0v) is 12.5. The summed E-state index contributed by atoms with van der Waals surface area (Å²) in [6.45, 7) is 0.797. The minimum absolute atomic E-state index is 0.174. The van der Waals surface area contributed by atoms with E-state index in [-0.39, 0.29) is 5.97 Å². The van der Waals surface area contributed by atoms with Gasteiger partial charge in [-0.1, -0.05) is 17.7 Å². The predicted molar refractivity (Wildman–Crippen MR) is 78.7 cm³/mol. The normalized spacial score (nSPS) is 14.4. The van der Waals surface area contributed by atoms with E-state index in [1.54, 1.807) is 11.8 Å². The number of carbonyl (C=O) groups is 1. The van der Waals surface area contributed by atoms with Gasteiger partial charge in [0.25, 0.3) is 0 Å². The third-order valence-electron chi connectivity index (χ3n) is 3.01. The molecule has 1 aliphatic rings. The summed E-state index contributed by atoms with van der Waals surface area (Å²) in [6, 6.07) is 6.57. The van der Waals surface area contributed by atoms with Crippen molar-refractivity contribution in [3.63, 3.8) is 0 Å². The van der Waals surface area contributed by atoms with Gasteiger partial charge in [0.05, 0.1) is 13.5 Å². The van der Waals surface area contributed by atoms with Crippen LogP contribution in [-0.4, -0.2) is 24.9 Å². The molecule has 0 amide bonds. The van der Waals surface area contributed by atoms with Crippen LogP contribution < -0.4 is 5.32 Å². The molecule has 0 saturated heterocycles. The molecule has 0 heterocycles. The molecule has 0 aliphatic heterocycles. The minimum Gasteiger partial charge on any atom is -0.469 e. The van der Waals surface area contributed by atoms with E-state index in [2.05, 4.69) is 16.1 Å². The van der Waals surface area contributed by atoms with Crippen molar-refractivity contribution in [1.82, 2.24) is 5.32 Å². The molecule has 0 atom stereocenters. The molecule has 0 aromatic heterocycles. The quantitative estimate of drug-likeness (QED) is 0.619. The first-order valence-corrected chi connectivity index (χ1v) is 7.77. The fourth-order valence-corrected chi connectivity index (χ4v) is 3.04. The maximum absolute atomic E-state index is 11.1. The lowest BCUT2D eigenvalue weighted by Crippen LogP contribution is -2.16. The third-order valence-corrected chi connectivity index (χ3v) is 4.47. The molecule has 19 heavy (non-hydrogen) atoms. The largest absolute Gasteiger partial charge is 0.469 e. The molecule has 1 aromatic rings. The lowest BCUT2D eigenvalue weighted by molar-refractivity contribution is -0.140. The Balaban J connectivity index is 1.93. The second-order valence-electron chi connectivity index (χ2n) is 4.55. The first-order chi connectivity index (χ1) is 9.20. The van der Waals surface area contributed by atoms with Crippen LogP contribution in [0.1, 0.15) is 24.8 Å². The molecule has 0 spiro atoms. The molecule has 5 heteroatoms. The van der Waals surface area contributed by atoms with Crippen molar-refractivity contribution in [1.29, 1.82) is 0 Å². The van der Waals surface area contributed by atoms with Gasteiger partial charge in [0.15, 0.2) is 0 Å². The molecule has 1 fully saturated rings. The van der Waals surface area contributed by atoms with Gasteiger partial charge in [0.2, 0.25) is 0 Å². The molecule has 1 aromatic carbocycles. The molecule has 104 valence electrons. The van der Waals surface area contributed by atoms with Gasteiger partial charge in [-0.15, -0.1) is 11.8 Å². The first-order valence-electron chi connectivity index (χ1n) is 6.41. The Hall–Kier alpha value is -0.710. The van der Waals surface area contributed by atoms with Crippen molar-refractivity contribution in [2.75, 3.05) is 12.9 Å². The van der Waals surface area contributed by atoms with Crippen LogP contribution in [0.4, 0.5) is 0 Å². The van der Waals surface area contributed by atoms with Crippen molar-refractivity contribution >= 4 is 29.3 Å². The Kier molecular flexibility index (Phi) is 5.55. The molecule has 0 bridgehead atoms. The fourth-order valence-electron chi connectivity index (χ4n) is 1.73. The number of esters is 1. The van der Waals surface area contributed by atoms with Crippen LogP contribution in [0.3, 0.4) is 0 Å². The predicted octanol–water partition coefficient (Wildman–Crippen LogP) is 3.25. The van der Waals surface area contributed by atoms with Crippen LogP contribution in [0.2, 0.25) is 5.02 Å². The number of rotatable bonds is 7. The summed E-state index contributed by atoms with van der Waals surface area (Å²) in [4.78, 5) is 12.2. The van der Waals surface area contributed by atoms with Gasteiger partial charge < -0.3 is 10.1 Å². The molecule has 1 N–H and O–H groups in total. The van der Waals surface area contributed by atoms with E-state index in [0.29, 0.717) is 18.2 Å². The van der Waals surface area contributed by atoms with Crippen molar-refractivity contribution in [3.05, 3.63) is 28.8 Å². The van der Waals surface area contributed by atoms with Gasteiger partial charge in [0, 0.05) is 28.3 Å². The number of hydrogen-bond acceptors (Lipinski definition) is 4. The van der Waals surface area contributed by atoms with E-state index < -0.39 is 0 Å². The Bertz CT molecular complexity index is 449. The topological polar surface area (TPSA) is 38.3 Å². The first kappa shape index (κ1) is 14.7. The van der Waals surface area contributed by atoms with E-state index in [1.807, 2.05) is 12.1 Å². The van der Waals surface area contributed by atoms with Gasteiger partial charge in [0.1, 0.15) is 0 Å². The molecular formula is C14H18ClNO2S. The summed E-state index contributed by atoms with van der Waals surface area (Å²) in [5.74, 6) is 0.538. The van der Waals surface area contributed by atoms with Gasteiger partial charge in [-0.3, -0.25) is 4.79 Å². The summed E-state index contributed by atoms with van der Waals surface area (Å²) < 4.78 is 4.64. The van der Waals surface area contributed by atoms with Crippen molar-refractivity contribution in [3.8, 4) is 0 Å². The Morgan fingerprint density at radius 3 is 3.00 bits per heavy atom. The van der Waals surface area contributed by atoms with Crippen LogP contribution in [-0.2, 0) is 16.1 Å². The highest BCUT2D eigenvalue weighted by molar-refractivity contribution is 7.99. The highest BCUT2D eigenvalue weighted by Crippen LogP contribution is 2.30. The van der Waals surface area contributed by atoms with Gasteiger partial charge in [-0.25, -0.2) is 0 Å². The second-order valence-corrected chi connectivity index (χ2v) is 6.09. The highest BCUT2D eigenvalue weighted by Gasteiger charge is 2.21. The number of benzene rings is 1. The summed E-state index contributed by atoms with van der Waals surface area (Å²) in [5.41, 5.74) is 1.13. The Labute approximate surface area is 123 Å². The van der Waals surface area contributed by atoms with Crippen LogP contribution in [0, 0.1) is 0 Å². The maximum Gasteiger partial charge on any atom is 0.306 e. The van der Waals surface area contributed by atoms with E-state index in [9.17, 15) is 4.79 Å². The lowest BCUT2D eigenvalue weighted by atomic mass is 10.2. The summed E-state index contributed by atoms with van der Waals surface area (Å²) in [6.07, 6.45) is 2.94. The number of ether oxygens (including phenoxy) is 1. The molecular weight excluding hydrogens is 282 g/mol. The molecule has 3 nitrogen and oxygen atoms in total. The number of thioether (sulfide) groups is 1. The zero-order valence-electron chi connectivity index (χ0n) is 10.9. The van der Waals surface area contributed by atoms with Crippen LogP contribution in [0.25, 0.3) is 0 Å². The van der Waals surface area contributed by atoms with E-state index in [0.717, 1.165) is 22.0 Å². The minimum atomic E-state index is -0.174. The number of halogens is 1. The molecule has 0 radical (unpaired) electrons. The number of hydrogen-bond donors (Lipinski definition) is 1. The van der Waals surface area contributed by atoms with Crippen LogP contribution in [0.15, 0.2) is 23.1 Å². The SMILES string of the molecule is COC(=O)CCSc1cccc(Cl)c1CNC1CC1. The Morgan fingerprint density at radius 1 is 1.53 bits per heavy atom. The molecule has 2 rings (SSSR count). The smallest absolute Gasteiger partial charge is 0.306 e. The molecule has 1 aliphatic carbocycles.